The average Bonchev–Trinajstić information content (AvgIpc) is 1.40. The first-order valence-corrected chi connectivity index (χ1v) is 43.2. The molecule has 0 radical (unpaired) electrons. The zero-order valence-electron chi connectivity index (χ0n) is 65.2. The van der Waals surface area contributed by atoms with E-state index < -0.39 is 202 Å². The molecular weight excluding hydrogens is 1770 g/mol. The van der Waals surface area contributed by atoms with Gasteiger partial charge in [-0.05, 0) is 220 Å². The number of fused-ring (bicyclic) bond motifs is 2. The van der Waals surface area contributed by atoms with Crippen LogP contribution in [0, 0.1) is 29.1 Å². The number of rotatable bonds is 25. The smallest absolute Gasteiger partial charge is 0.430 e. The zero-order chi connectivity index (χ0) is 91.2. The minimum Gasteiger partial charge on any atom is -0.486 e. The van der Waals surface area contributed by atoms with E-state index in [1.807, 2.05) is 0 Å². The molecule has 0 aliphatic heterocycles. The van der Waals surface area contributed by atoms with Crippen molar-refractivity contribution in [3.63, 3.8) is 0 Å². The maximum atomic E-state index is 16.9. The number of ether oxygens (including phenoxy) is 4. The van der Waals surface area contributed by atoms with Crippen molar-refractivity contribution < 1.29 is 145 Å². The highest BCUT2D eigenvalue weighted by molar-refractivity contribution is 7.93. The SMILES string of the molecule is O=S(=O)(c1ccc(F)cc1)C1(c2ccc(C(OCc3cc(-c4ccc5cc(COc6ccc(F)c(COC(c7ccc(C8(S(=O)(=O)c9ccc(F)cc9)CCCC8)cc7)(C(F)(F)F)C(F)(F)F)c6F)cc(COC(c6ccc(C7(S(=O)(=O)c8ccc(F)cc8)CCCC7)cc6)(C(F)(F)F)C(F)(F)F)c5c4)c4ccccc4c3)(C(F)(F)F)C(F)(F)F)cc2)CCCC1. The van der Waals surface area contributed by atoms with E-state index in [1.165, 1.54) is 30.3 Å². The van der Waals surface area contributed by atoms with Gasteiger partial charge < -0.3 is 18.9 Å². The van der Waals surface area contributed by atoms with E-state index in [0.29, 0.717) is 48.5 Å². The lowest BCUT2D eigenvalue weighted by atomic mass is 9.88. The van der Waals surface area contributed by atoms with Crippen molar-refractivity contribution in [2.24, 2.45) is 0 Å². The highest BCUT2D eigenvalue weighted by atomic mass is 32.2. The Hall–Kier alpha value is -10.1. The van der Waals surface area contributed by atoms with Gasteiger partial charge in [0.2, 0.25) is 0 Å². The third-order valence-electron chi connectivity index (χ3n) is 24.2. The van der Waals surface area contributed by atoms with E-state index in [4.69, 9.17) is 14.2 Å². The van der Waals surface area contributed by atoms with E-state index in [1.54, 1.807) is 0 Å². The Morgan fingerprint density at radius 3 is 1.01 bits per heavy atom. The van der Waals surface area contributed by atoms with Crippen molar-refractivity contribution in [1.82, 2.24) is 0 Å². The quantitative estimate of drug-likeness (QED) is 0.0401. The van der Waals surface area contributed by atoms with Gasteiger partial charge in [-0.2, -0.15) is 79.0 Å². The van der Waals surface area contributed by atoms with Crippen LogP contribution in [-0.4, -0.2) is 62.3 Å². The number of halogens is 23. The molecule has 3 fully saturated rings. The summed E-state index contributed by atoms with van der Waals surface area (Å²) in [6, 6.07) is 31.0. The molecule has 14 rings (SSSR count). The molecule has 0 heterocycles. The minimum atomic E-state index is -6.55. The Balaban J connectivity index is 0.834. The topological polar surface area (TPSA) is 139 Å². The highest BCUT2D eigenvalue weighted by Gasteiger charge is 2.76. The molecule has 0 amide bonds. The molecule has 0 bridgehead atoms. The third-order valence-corrected chi connectivity index (χ3v) is 31.9. The monoisotopic (exact) mass is 1840 g/mol. The maximum Gasteiger partial charge on any atom is 0.430 e. The summed E-state index contributed by atoms with van der Waals surface area (Å²) < 4.78 is 460. The number of hydrogen-bond donors (Lipinski definition) is 0. The van der Waals surface area contributed by atoms with Gasteiger partial charge in [0, 0.05) is 16.7 Å². The number of benzene rings is 11. The van der Waals surface area contributed by atoms with Gasteiger partial charge >= 0.3 is 37.1 Å². The molecule has 668 valence electrons. The van der Waals surface area contributed by atoms with E-state index in [-0.39, 0.29) is 149 Å². The Labute approximate surface area is 705 Å². The molecule has 0 spiro atoms. The Bertz CT molecular complexity index is 6200. The summed E-state index contributed by atoms with van der Waals surface area (Å²) in [4.78, 5) is -1.24. The molecule has 0 saturated heterocycles. The van der Waals surface area contributed by atoms with Gasteiger partial charge in [0.1, 0.15) is 44.1 Å². The fourth-order valence-corrected chi connectivity index (χ4v) is 24.5. The van der Waals surface area contributed by atoms with Crippen LogP contribution in [0.15, 0.2) is 239 Å². The molecule has 36 heteroatoms. The molecule has 11 aromatic carbocycles. The van der Waals surface area contributed by atoms with Crippen molar-refractivity contribution in [3.8, 4) is 16.9 Å². The van der Waals surface area contributed by atoms with Crippen molar-refractivity contribution in [2.45, 2.75) is 186 Å². The van der Waals surface area contributed by atoms with E-state index in [2.05, 4.69) is 4.74 Å². The zero-order valence-corrected chi connectivity index (χ0v) is 67.6. The molecule has 0 unspecified atom stereocenters. The first kappa shape index (κ1) is 92.1. The second-order valence-electron chi connectivity index (χ2n) is 31.3. The van der Waals surface area contributed by atoms with Gasteiger partial charge in [0.05, 0.1) is 40.1 Å². The molecule has 3 aliphatic rings. The Morgan fingerprint density at radius 1 is 0.310 bits per heavy atom. The summed E-state index contributed by atoms with van der Waals surface area (Å²) >= 11 is 0. The second-order valence-corrected chi connectivity index (χ2v) is 38.1. The number of alkyl halides is 18. The molecule has 3 saturated carbocycles. The normalized spacial score (nSPS) is 16.4. The number of hydrogen-bond acceptors (Lipinski definition) is 10. The molecule has 0 atom stereocenters. The van der Waals surface area contributed by atoms with E-state index >= 15 is 87.8 Å². The van der Waals surface area contributed by atoms with Crippen LogP contribution >= 0.6 is 0 Å². The lowest BCUT2D eigenvalue weighted by Gasteiger charge is -2.38. The third kappa shape index (κ3) is 15.7. The predicted molar refractivity (Wildman–Crippen MR) is 414 cm³/mol. The van der Waals surface area contributed by atoms with Crippen LogP contribution in [0.4, 0.5) is 101 Å². The van der Waals surface area contributed by atoms with Gasteiger partial charge in [-0.25, -0.2) is 47.2 Å². The summed E-state index contributed by atoms with van der Waals surface area (Å²) in [6.45, 7) is -6.71. The largest absolute Gasteiger partial charge is 0.486 e. The van der Waals surface area contributed by atoms with Crippen LogP contribution in [0.5, 0.6) is 5.75 Å². The second kappa shape index (κ2) is 33.2. The van der Waals surface area contributed by atoms with E-state index in [0.717, 1.165) is 133 Å². The van der Waals surface area contributed by atoms with Crippen LogP contribution in [0.1, 0.15) is 133 Å². The maximum absolute atomic E-state index is 16.9. The Kier molecular flexibility index (Phi) is 24.2. The molecule has 126 heavy (non-hydrogen) atoms. The van der Waals surface area contributed by atoms with Crippen LogP contribution in [-0.2, 0) is 101 Å². The van der Waals surface area contributed by atoms with Crippen LogP contribution in [0.25, 0.3) is 32.7 Å². The van der Waals surface area contributed by atoms with Gasteiger partial charge in [-0.15, -0.1) is 0 Å². The molecule has 3 aliphatic carbocycles. The first-order valence-electron chi connectivity index (χ1n) is 38.8. The van der Waals surface area contributed by atoms with Gasteiger partial charge in [-0.3, -0.25) is 0 Å². The van der Waals surface area contributed by atoms with Crippen molar-refractivity contribution in [2.75, 3.05) is 0 Å². The lowest BCUT2D eigenvalue weighted by molar-refractivity contribution is -0.393. The standard InChI is InChI=1S/C90H69F23O10S3/c91-66-25-31-69(32-26-66)124(114,115)79(39-3-4-40-79)60-13-19-63(20-14-60)82(85(96,97)98,86(99,100)101)121-51-55-46-56-9-1-2-10-72(56)74(48-55)58-12-11-57-45-54(47-59(73(57)49-58)52-122-83(87(102,103)104,88(105,106)107)64-21-15-61(16-22-64)80(41-5-6-42-80)125(116,117)70-33-27-67(92)28-34-70)50-120-77-38-37-76(94)75(78(77)95)53-123-84(89(108,109)110,90(111,112)113)65-23-17-62(18-24-65)81(43-7-8-44-81)126(118,119)71-35-29-68(93)30-36-71/h1-2,9-38,45-49H,3-8,39-44,50-53H2. The molecule has 0 N–H and O–H groups in total. The lowest BCUT2D eigenvalue weighted by Crippen LogP contribution is -2.56. The minimum absolute atomic E-state index is 0.0728. The first-order chi connectivity index (χ1) is 59.0. The van der Waals surface area contributed by atoms with E-state index in [9.17, 15) is 38.4 Å². The van der Waals surface area contributed by atoms with Crippen LogP contribution < -0.4 is 4.74 Å². The van der Waals surface area contributed by atoms with Gasteiger partial charge in [-0.1, -0.05) is 148 Å². The molecular formula is C90H69F23O10S3. The van der Waals surface area contributed by atoms with Gasteiger partial charge in [0.15, 0.2) is 41.1 Å². The summed E-state index contributed by atoms with van der Waals surface area (Å²) in [5.41, 5.74) is -25.2. The van der Waals surface area contributed by atoms with Gasteiger partial charge in [0.25, 0.3) is 16.8 Å². The summed E-state index contributed by atoms with van der Waals surface area (Å²) in [5, 5.41) is -0.351. The summed E-state index contributed by atoms with van der Waals surface area (Å²) in [7, 11) is -13.7. The Morgan fingerprint density at radius 2 is 0.643 bits per heavy atom. The van der Waals surface area contributed by atoms with Crippen molar-refractivity contribution >= 4 is 51.1 Å². The summed E-state index contributed by atoms with van der Waals surface area (Å²) in [6.07, 6.45) is -38.6. The fraction of sp³-hybridized carbons (Fsp3) is 0.311. The molecule has 11 aromatic rings. The highest BCUT2D eigenvalue weighted by Crippen LogP contribution is 2.60. The average molecular weight is 1840 g/mol. The van der Waals surface area contributed by atoms with Crippen molar-refractivity contribution in [1.29, 1.82) is 0 Å². The van der Waals surface area contributed by atoms with Crippen LogP contribution in [0.2, 0.25) is 0 Å². The fourth-order valence-electron chi connectivity index (χ4n) is 17.8. The summed E-state index contributed by atoms with van der Waals surface area (Å²) in [5.74, 6) is -7.56. The predicted octanol–water partition coefficient (Wildman–Crippen LogP) is 25.3. The molecule has 10 nitrogen and oxygen atoms in total. The molecule has 0 aromatic heterocycles. The number of sulfone groups is 3. The van der Waals surface area contributed by atoms with Crippen LogP contribution in [0.3, 0.4) is 0 Å². The van der Waals surface area contributed by atoms with Crippen molar-refractivity contribution in [3.05, 3.63) is 309 Å².